The lowest BCUT2D eigenvalue weighted by Crippen LogP contribution is -2.54. The first kappa shape index (κ1) is 53.1. The van der Waals surface area contributed by atoms with E-state index in [1.165, 1.54) is 6.07 Å². The third-order valence-electron chi connectivity index (χ3n) is 10.2. The second-order valence-electron chi connectivity index (χ2n) is 15.0. The summed E-state index contributed by atoms with van der Waals surface area (Å²) in [6, 6.07) is 3.53. The molecule has 0 radical (unpaired) electrons. The first-order valence-corrected chi connectivity index (χ1v) is 22.7. The summed E-state index contributed by atoms with van der Waals surface area (Å²) in [7, 11) is 0. The molecule has 3 N–H and O–H groups in total. The molecule has 0 spiro atoms. The molecule has 4 rings (SSSR count). The maximum Gasteiger partial charge on any atom is 0.264 e. The van der Waals surface area contributed by atoms with E-state index in [9.17, 15) is 24.0 Å². The Hall–Kier alpha value is -3.51. The average Bonchev–Trinajstić information content (AvgIpc) is 3.55. The molecule has 0 aromatic heterocycles. The first-order valence-electron chi connectivity index (χ1n) is 22.7. The topological polar surface area (TPSA) is 226 Å². The summed E-state index contributed by atoms with van der Waals surface area (Å²) in [6.45, 7) is 12.5. The van der Waals surface area contributed by atoms with Crippen molar-refractivity contribution < 1.29 is 76.1 Å². The van der Waals surface area contributed by atoms with Gasteiger partial charge in [0.15, 0.2) is 0 Å². The van der Waals surface area contributed by atoms with Gasteiger partial charge in [-0.1, -0.05) is 12.5 Å². The van der Waals surface area contributed by atoms with Crippen molar-refractivity contribution in [1.29, 1.82) is 0 Å². The first-order chi connectivity index (χ1) is 31.5. The van der Waals surface area contributed by atoms with Crippen LogP contribution < -0.4 is 16.0 Å². The highest BCUT2D eigenvalue weighted by Crippen LogP contribution is 2.32. The standard InChI is InChI=1S/C44H70N4O16/c49-39(46-37-6-4-5-36-41(37)44(53)48(43(36)52)38-8-9-40(50)47-42(38)51)7-2-1-3-14-54-15-16-55-17-18-56-19-20-57-21-22-58-23-24-59-25-26-60-27-28-61-29-30-62-31-32-63-33-34-64-35-10-12-45-13-11-35/h4-6,35,38,45H,1-3,7-34H2,(H,46,49)(H,47,50,51). The van der Waals surface area contributed by atoms with E-state index >= 15 is 0 Å². The van der Waals surface area contributed by atoms with Gasteiger partial charge in [-0.15, -0.1) is 0 Å². The number of hydrogen-bond acceptors (Lipinski definition) is 17. The Bertz CT molecular complexity index is 1500. The van der Waals surface area contributed by atoms with Crippen LogP contribution in [0.15, 0.2) is 18.2 Å². The van der Waals surface area contributed by atoms with Crippen molar-refractivity contribution in [2.24, 2.45) is 0 Å². The van der Waals surface area contributed by atoms with Crippen LogP contribution in [0.1, 0.15) is 72.1 Å². The molecule has 3 aliphatic rings. The Morgan fingerprint density at radius 3 is 1.52 bits per heavy atom. The lowest BCUT2D eigenvalue weighted by atomic mass is 10.0. The number of unbranched alkanes of at least 4 members (excludes halogenated alkanes) is 2. The summed E-state index contributed by atoms with van der Waals surface area (Å²) in [5.41, 5.74) is 0.382. The number of benzene rings is 1. The fraction of sp³-hybridized carbons (Fsp3) is 0.750. The van der Waals surface area contributed by atoms with Crippen LogP contribution in [-0.2, 0) is 66.5 Å². The molecule has 362 valence electrons. The Morgan fingerprint density at radius 1 is 0.562 bits per heavy atom. The Labute approximate surface area is 376 Å². The zero-order valence-corrected chi connectivity index (χ0v) is 37.3. The zero-order valence-electron chi connectivity index (χ0n) is 37.3. The maximum atomic E-state index is 13.2. The number of anilines is 1. The molecule has 2 fully saturated rings. The third-order valence-corrected chi connectivity index (χ3v) is 10.2. The summed E-state index contributed by atoms with van der Waals surface area (Å²) in [5, 5.41) is 8.23. The molecule has 20 nitrogen and oxygen atoms in total. The molecule has 0 aliphatic carbocycles. The number of carbonyl (C=O) groups is 5. The Morgan fingerprint density at radius 2 is 1.03 bits per heavy atom. The van der Waals surface area contributed by atoms with Crippen molar-refractivity contribution >= 4 is 35.2 Å². The van der Waals surface area contributed by atoms with Crippen LogP contribution in [0, 0.1) is 0 Å². The number of nitrogens with zero attached hydrogens (tertiary/aromatic N) is 1. The number of carbonyl (C=O) groups excluding carboxylic acids is 5. The normalized spacial score (nSPS) is 16.8. The summed E-state index contributed by atoms with van der Waals surface area (Å²) in [4.78, 5) is 63.6. The molecule has 3 aliphatic heterocycles. The van der Waals surface area contributed by atoms with Crippen molar-refractivity contribution in [2.45, 2.75) is 63.5 Å². The van der Waals surface area contributed by atoms with E-state index in [2.05, 4.69) is 16.0 Å². The molecule has 1 aromatic carbocycles. The van der Waals surface area contributed by atoms with Gasteiger partial charge in [-0.2, -0.15) is 0 Å². The van der Waals surface area contributed by atoms with E-state index in [0.717, 1.165) is 43.7 Å². The molecule has 1 aromatic rings. The van der Waals surface area contributed by atoms with Crippen LogP contribution in [0.2, 0.25) is 0 Å². The minimum absolute atomic E-state index is 0.0277. The monoisotopic (exact) mass is 910 g/mol. The van der Waals surface area contributed by atoms with Crippen molar-refractivity contribution in [2.75, 3.05) is 157 Å². The number of fused-ring (bicyclic) bond motifs is 1. The summed E-state index contributed by atoms with van der Waals surface area (Å²) < 4.78 is 61.0. The fourth-order valence-electron chi connectivity index (χ4n) is 6.82. The van der Waals surface area contributed by atoms with Gasteiger partial charge in [0.25, 0.3) is 11.8 Å². The van der Waals surface area contributed by atoms with Crippen molar-refractivity contribution in [3.63, 3.8) is 0 Å². The van der Waals surface area contributed by atoms with E-state index in [1.807, 2.05) is 0 Å². The van der Waals surface area contributed by atoms with Gasteiger partial charge in [0.1, 0.15) is 6.04 Å². The van der Waals surface area contributed by atoms with Gasteiger partial charge in [0.05, 0.1) is 155 Å². The number of amides is 5. The number of piperidine rings is 2. The summed E-state index contributed by atoms with van der Waals surface area (Å²) in [6.07, 6.45) is 4.94. The molecule has 64 heavy (non-hydrogen) atoms. The molecule has 1 unspecified atom stereocenters. The van der Waals surface area contributed by atoms with Gasteiger partial charge in [-0.05, 0) is 57.3 Å². The van der Waals surface area contributed by atoms with Gasteiger partial charge in [0, 0.05) is 19.4 Å². The van der Waals surface area contributed by atoms with Gasteiger partial charge < -0.3 is 62.7 Å². The van der Waals surface area contributed by atoms with Crippen LogP contribution in [0.5, 0.6) is 0 Å². The summed E-state index contributed by atoms with van der Waals surface area (Å²) in [5.74, 6) is -2.72. The maximum absolute atomic E-state index is 13.2. The minimum atomic E-state index is -1.07. The van der Waals surface area contributed by atoms with Crippen LogP contribution >= 0.6 is 0 Å². The highest BCUT2D eigenvalue weighted by Gasteiger charge is 2.45. The molecule has 3 heterocycles. The average molecular weight is 911 g/mol. The van der Waals surface area contributed by atoms with E-state index < -0.39 is 29.7 Å². The third kappa shape index (κ3) is 21.7. The number of nitrogens with one attached hydrogen (secondary N) is 3. The molecule has 0 saturated carbocycles. The van der Waals surface area contributed by atoms with E-state index in [4.69, 9.17) is 52.1 Å². The number of hydrogen-bond donors (Lipinski definition) is 3. The van der Waals surface area contributed by atoms with Crippen molar-refractivity contribution in [3.05, 3.63) is 29.3 Å². The lowest BCUT2D eigenvalue weighted by molar-refractivity contribution is -0.136. The number of ether oxygens (including phenoxy) is 11. The molecule has 2 saturated heterocycles. The fourth-order valence-corrected chi connectivity index (χ4v) is 6.82. The quantitative estimate of drug-likeness (QED) is 0.0629. The Balaban J connectivity index is 0.807. The smallest absolute Gasteiger partial charge is 0.264 e. The highest BCUT2D eigenvalue weighted by molar-refractivity contribution is 6.26. The van der Waals surface area contributed by atoms with Crippen molar-refractivity contribution in [3.8, 4) is 0 Å². The molecule has 5 amide bonds. The van der Waals surface area contributed by atoms with Gasteiger partial charge >= 0.3 is 0 Å². The SMILES string of the molecule is O=C1CCC(N2C(=O)c3cccc(NC(=O)CCCCCOCCOCCOCCOCCOCCOCCOCCOCCOCCOCCOC4CCNCC4)c3C2=O)C(=O)N1. The van der Waals surface area contributed by atoms with Gasteiger partial charge in [-0.25, -0.2) is 0 Å². The molecular formula is C44H70N4O16. The second-order valence-corrected chi connectivity index (χ2v) is 15.0. The van der Waals surface area contributed by atoms with Gasteiger partial charge in [0.2, 0.25) is 17.7 Å². The van der Waals surface area contributed by atoms with Crippen LogP contribution in [0.4, 0.5) is 5.69 Å². The second kappa shape index (κ2) is 33.9. The molecule has 0 bridgehead atoms. The molecule has 1 atom stereocenters. The van der Waals surface area contributed by atoms with E-state index in [0.29, 0.717) is 151 Å². The largest absolute Gasteiger partial charge is 0.379 e. The predicted octanol–water partition coefficient (Wildman–Crippen LogP) is 1.52. The lowest BCUT2D eigenvalue weighted by Gasteiger charge is -2.27. The van der Waals surface area contributed by atoms with E-state index in [1.54, 1.807) is 12.1 Å². The van der Waals surface area contributed by atoms with Crippen molar-refractivity contribution in [1.82, 2.24) is 15.5 Å². The summed E-state index contributed by atoms with van der Waals surface area (Å²) >= 11 is 0. The van der Waals surface area contributed by atoms with E-state index in [-0.39, 0.29) is 42.0 Å². The van der Waals surface area contributed by atoms with Gasteiger partial charge in [-0.3, -0.25) is 34.2 Å². The van der Waals surface area contributed by atoms with Crippen LogP contribution in [0.3, 0.4) is 0 Å². The predicted molar refractivity (Wildman–Crippen MR) is 230 cm³/mol. The minimum Gasteiger partial charge on any atom is -0.379 e. The highest BCUT2D eigenvalue weighted by atomic mass is 16.6. The van der Waals surface area contributed by atoms with Crippen LogP contribution in [0.25, 0.3) is 0 Å². The zero-order chi connectivity index (χ0) is 45.3. The van der Waals surface area contributed by atoms with Crippen LogP contribution in [-0.4, -0.2) is 198 Å². The number of rotatable bonds is 39. The Kier molecular flexibility index (Phi) is 28.1. The molecular weight excluding hydrogens is 840 g/mol. The number of imide groups is 2. The molecule has 20 heteroatoms.